The fourth-order valence-corrected chi connectivity index (χ4v) is 2.46. The number of hydrogen-bond acceptors (Lipinski definition) is 5. The van der Waals surface area contributed by atoms with Gasteiger partial charge in [-0.1, -0.05) is 0 Å². The summed E-state index contributed by atoms with van der Waals surface area (Å²) in [4.78, 5) is 47.0. The Bertz CT molecular complexity index is 381. The van der Waals surface area contributed by atoms with Crippen molar-refractivity contribution in [3.05, 3.63) is 0 Å². The van der Waals surface area contributed by atoms with Gasteiger partial charge in [0.25, 0.3) is 0 Å². The van der Waals surface area contributed by atoms with Crippen molar-refractivity contribution in [3.8, 4) is 0 Å². The summed E-state index contributed by atoms with van der Waals surface area (Å²) in [5.41, 5.74) is -1.32. The molecule has 5 heteroatoms. The Morgan fingerprint density at radius 2 is 1.79 bits per heavy atom. The summed E-state index contributed by atoms with van der Waals surface area (Å²) in [6, 6.07) is 0. The van der Waals surface area contributed by atoms with E-state index in [-0.39, 0.29) is 43.2 Å². The molecule has 0 aliphatic heterocycles. The van der Waals surface area contributed by atoms with Crippen molar-refractivity contribution in [2.24, 2.45) is 5.41 Å². The van der Waals surface area contributed by atoms with Crippen molar-refractivity contribution in [1.82, 2.24) is 0 Å². The third-order valence-electron chi connectivity index (χ3n) is 3.53. The molecule has 1 rings (SSSR count). The third kappa shape index (κ3) is 3.72. The monoisotopic (exact) mass is 268 g/mol. The molecule has 0 aromatic rings. The molecule has 0 spiro atoms. The Hall–Kier alpha value is -1.52. The fraction of sp³-hybridized carbons (Fsp3) is 0.714. The lowest BCUT2D eigenvalue weighted by Gasteiger charge is -2.33. The van der Waals surface area contributed by atoms with Gasteiger partial charge in [-0.2, -0.15) is 0 Å². The Balaban J connectivity index is 2.93. The van der Waals surface area contributed by atoms with Gasteiger partial charge in [-0.05, 0) is 26.7 Å². The second kappa shape index (κ2) is 6.59. The Labute approximate surface area is 112 Å². The van der Waals surface area contributed by atoms with E-state index in [2.05, 4.69) is 0 Å². The molecule has 0 heterocycles. The van der Waals surface area contributed by atoms with E-state index in [9.17, 15) is 19.2 Å². The molecule has 1 fully saturated rings. The van der Waals surface area contributed by atoms with E-state index >= 15 is 0 Å². The van der Waals surface area contributed by atoms with Crippen LogP contribution < -0.4 is 0 Å². The van der Waals surface area contributed by atoms with Crippen molar-refractivity contribution in [1.29, 1.82) is 0 Å². The Morgan fingerprint density at radius 1 is 1.21 bits per heavy atom. The zero-order valence-corrected chi connectivity index (χ0v) is 11.5. The van der Waals surface area contributed by atoms with Crippen molar-refractivity contribution < 1.29 is 23.9 Å². The first kappa shape index (κ1) is 15.5. The number of Topliss-reactive ketones (excluding diaryl/α,β-unsaturated/α-hetero) is 3. The summed E-state index contributed by atoms with van der Waals surface area (Å²) in [6.45, 7) is 3.30. The van der Waals surface area contributed by atoms with E-state index < -0.39 is 11.4 Å². The average Bonchev–Trinajstić information content (AvgIpc) is 2.32. The van der Waals surface area contributed by atoms with Gasteiger partial charge in [-0.3, -0.25) is 14.4 Å². The first-order valence-electron chi connectivity index (χ1n) is 6.64. The van der Waals surface area contributed by atoms with E-state index in [1.165, 1.54) is 6.92 Å². The molecule has 0 aromatic heterocycles. The van der Waals surface area contributed by atoms with Crippen molar-refractivity contribution in [3.63, 3.8) is 0 Å². The fourth-order valence-electron chi connectivity index (χ4n) is 2.46. The van der Waals surface area contributed by atoms with Gasteiger partial charge in [0.15, 0.2) is 0 Å². The van der Waals surface area contributed by atoms with Gasteiger partial charge in [-0.15, -0.1) is 0 Å². The van der Waals surface area contributed by atoms with Crippen molar-refractivity contribution in [2.45, 2.75) is 52.4 Å². The predicted molar refractivity (Wildman–Crippen MR) is 67.5 cm³/mol. The Morgan fingerprint density at radius 3 is 2.26 bits per heavy atom. The number of carbonyl (C=O) groups is 4. The molecule has 0 atom stereocenters. The molecule has 0 radical (unpaired) electrons. The first-order valence-corrected chi connectivity index (χ1v) is 6.64. The highest BCUT2D eigenvalue weighted by molar-refractivity contribution is 6.11. The summed E-state index contributed by atoms with van der Waals surface area (Å²) in [7, 11) is 0. The molecule has 1 aliphatic carbocycles. The molecule has 1 aliphatic rings. The second-order valence-corrected chi connectivity index (χ2v) is 4.97. The lowest BCUT2D eigenvalue weighted by molar-refractivity contribution is -0.156. The SMILES string of the molecule is CCOC(=O)CC1(CCC(C)=O)C(=O)CCCC1=O. The van der Waals surface area contributed by atoms with Crippen LogP contribution >= 0.6 is 0 Å². The molecular formula is C14H20O5. The highest BCUT2D eigenvalue weighted by Gasteiger charge is 2.48. The minimum atomic E-state index is -1.32. The normalized spacial score (nSPS) is 18.2. The molecule has 0 unspecified atom stereocenters. The third-order valence-corrected chi connectivity index (χ3v) is 3.53. The van der Waals surface area contributed by atoms with E-state index in [0.717, 1.165) is 0 Å². The van der Waals surface area contributed by atoms with Crippen LogP contribution in [0.25, 0.3) is 0 Å². The first-order chi connectivity index (χ1) is 8.92. The van der Waals surface area contributed by atoms with Crippen LogP contribution in [-0.2, 0) is 23.9 Å². The number of hydrogen-bond donors (Lipinski definition) is 0. The van der Waals surface area contributed by atoms with Crippen LogP contribution in [-0.4, -0.2) is 29.9 Å². The van der Waals surface area contributed by atoms with Gasteiger partial charge in [0, 0.05) is 19.3 Å². The standard InChI is InChI=1S/C14H20O5/c1-3-19-13(18)9-14(8-7-10(2)15)11(16)5-4-6-12(14)17/h3-9H2,1-2H3. The molecule has 0 saturated heterocycles. The highest BCUT2D eigenvalue weighted by Crippen LogP contribution is 2.38. The summed E-state index contributed by atoms with van der Waals surface area (Å²) in [5, 5.41) is 0. The smallest absolute Gasteiger partial charge is 0.307 e. The maximum absolute atomic E-state index is 12.1. The molecule has 0 N–H and O–H groups in total. The van der Waals surface area contributed by atoms with Gasteiger partial charge < -0.3 is 9.53 Å². The molecule has 19 heavy (non-hydrogen) atoms. The summed E-state index contributed by atoms with van der Waals surface area (Å²) < 4.78 is 4.84. The summed E-state index contributed by atoms with van der Waals surface area (Å²) in [6.07, 6.45) is 1.15. The van der Waals surface area contributed by atoms with E-state index in [1.54, 1.807) is 6.92 Å². The minimum absolute atomic E-state index is 0.0885. The summed E-state index contributed by atoms with van der Waals surface area (Å²) in [5.74, 6) is -1.08. The zero-order chi connectivity index (χ0) is 14.5. The zero-order valence-electron chi connectivity index (χ0n) is 11.5. The van der Waals surface area contributed by atoms with Crippen molar-refractivity contribution in [2.75, 3.05) is 6.61 Å². The Kier molecular flexibility index (Phi) is 5.39. The van der Waals surface area contributed by atoms with Gasteiger partial charge >= 0.3 is 5.97 Å². The molecule has 0 amide bonds. The van der Waals surface area contributed by atoms with Gasteiger partial charge in [-0.25, -0.2) is 0 Å². The lowest BCUT2D eigenvalue weighted by Crippen LogP contribution is -2.44. The highest BCUT2D eigenvalue weighted by atomic mass is 16.5. The molecule has 0 aromatic carbocycles. The maximum atomic E-state index is 12.1. The second-order valence-electron chi connectivity index (χ2n) is 4.97. The minimum Gasteiger partial charge on any atom is -0.466 e. The number of rotatable bonds is 6. The van der Waals surface area contributed by atoms with Crippen LogP contribution in [0, 0.1) is 5.41 Å². The number of ketones is 3. The maximum Gasteiger partial charge on any atom is 0.307 e. The molecule has 5 nitrogen and oxygen atoms in total. The predicted octanol–water partition coefficient (Wildman–Crippen LogP) is 1.62. The van der Waals surface area contributed by atoms with Crippen LogP contribution in [0.4, 0.5) is 0 Å². The van der Waals surface area contributed by atoms with Gasteiger partial charge in [0.2, 0.25) is 0 Å². The van der Waals surface area contributed by atoms with E-state index in [4.69, 9.17) is 4.74 Å². The van der Waals surface area contributed by atoms with Crippen LogP contribution in [0.2, 0.25) is 0 Å². The quantitative estimate of drug-likeness (QED) is 0.540. The van der Waals surface area contributed by atoms with Crippen LogP contribution in [0.1, 0.15) is 52.4 Å². The van der Waals surface area contributed by atoms with Crippen LogP contribution in [0.5, 0.6) is 0 Å². The van der Waals surface area contributed by atoms with Crippen LogP contribution in [0.15, 0.2) is 0 Å². The topological polar surface area (TPSA) is 77.5 Å². The van der Waals surface area contributed by atoms with E-state index in [0.29, 0.717) is 19.3 Å². The van der Waals surface area contributed by atoms with Gasteiger partial charge in [0.05, 0.1) is 18.4 Å². The van der Waals surface area contributed by atoms with E-state index in [1.807, 2.05) is 0 Å². The average molecular weight is 268 g/mol. The number of carbonyl (C=O) groups excluding carboxylic acids is 4. The largest absolute Gasteiger partial charge is 0.466 e. The molecule has 1 saturated carbocycles. The number of ether oxygens (including phenoxy) is 1. The summed E-state index contributed by atoms with van der Waals surface area (Å²) >= 11 is 0. The number of esters is 1. The molecule has 0 bridgehead atoms. The molecular weight excluding hydrogens is 248 g/mol. The lowest BCUT2D eigenvalue weighted by atomic mass is 9.67. The van der Waals surface area contributed by atoms with Crippen LogP contribution in [0.3, 0.4) is 0 Å². The molecule has 106 valence electrons. The van der Waals surface area contributed by atoms with Crippen molar-refractivity contribution >= 4 is 23.3 Å². The van der Waals surface area contributed by atoms with Gasteiger partial charge in [0.1, 0.15) is 17.3 Å².